The largest absolute Gasteiger partial charge is 0.423 e. The summed E-state index contributed by atoms with van der Waals surface area (Å²) in [7, 11) is 0. The molecular formula is C14H14N4OS. The number of thiazole rings is 1. The van der Waals surface area contributed by atoms with E-state index in [1.807, 2.05) is 30.6 Å². The van der Waals surface area contributed by atoms with E-state index in [9.17, 15) is 0 Å². The van der Waals surface area contributed by atoms with Gasteiger partial charge < -0.3 is 9.73 Å². The van der Waals surface area contributed by atoms with Crippen LogP contribution in [0.1, 0.15) is 16.1 Å². The van der Waals surface area contributed by atoms with Crippen molar-refractivity contribution in [2.24, 2.45) is 0 Å². The van der Waals surface area contributed by atoms with Crippen molar-refractivity contribution in [2.45, 2.75) is 20.4 Å². The number of nitrogens with one attached hydrogen (secondary N) is 1. The van der Waals surface area contributed by atoms with Gasteiger partial charge in [-0.1, -0.05) is 0 Å². The van der Waals surface area contributed by atoms with Crippen molar-refractivity contribution < 1.29 is 4.42 Å². The zero-order valence-electron chi connectivity index (χ0n) is 11.3. The lowest BCUT2D eigenvalue weighted by Crippen LogP contribution is -2.01. The average Bonchev–Trinajstić information content (AvgIpc) is 3.09. The summed E-state index contributed by atoms with van der Waals surface area (Å²) in [5, 5.41) is 11.0. The fraction of sp³-hybridized carbons (Fsp3) is 0.214. The van der Waals surface area contributed by atoms with Crippen LogP contribution in [-0.2, 0) is 6.54 Å². The molecule has 0 unspecified atom stereocenters. The smallest absolute Gasteiger partial charge is 0.247 e. The van der Waals surface area contributed by atoms with E-state index in [0.717, 1.165) is 29.1 Å². The molecule has 0 spiro atoms. The monoisotopic (exact) mass is 286 g/mol. The van der Waals surface area contributed by atoms with Crippen LogP contribution >= 0.6 is 11.3 Å². The number of aryl methyl sites for hydroxylation is 2. The van der Waals surface area contributed by atoms with Crippen LogP contribution in [0.3, 0.4) is 0 Å². The van der Waals surface area contributed by atoms with Crippen molar-refractivity contribution in [3.63, 3.8) is 0 Å². The molecule has 102 valence electrons. The number of anilines is 1. The molecule has 6 heteroatoms. The molecule has 0 aliphatic carbocycles. The number of aromatic nitrogens is 3. The van der Waals surface area contributed by atoms with Gasteiger partial charge in [-0.05, 0) is 37.6 Å². The second-order valence-electron chi connectivity index (χ2n) is 4.49. The molecule has 0 saturated heterocycles. The SMILES string of the molecule is Cc1cc(-c2nnco2)ccc1NCc1scnc1C. The van der Waals surface area contributed by atoms with Crippen LogP contribution in [0.15, 0.2) is 34.5 Å². The minimum Gasteiger partial charge on any atom is -0.423 e. The van der Waals surface area contributed by atoms with Gasteiger partial charge in [0.05, 0.1) is 17.7 Å². The maximum atomic E-state index is 5.20. The zero-order valence-corrected chi connectivity index (χ0v) is 12.1. The maximum absolute atomic E-state index is 5.20. The lowest BCUT2D eigenvalue weighted by atomic mass is 10.1. The van der Waals surface area contributed by atoms with Crippen molar-refractivity contribution in [3.8, 4) is 11.5 Å². The molecule has 1 N–H and O–H groups in total. The quantitative estimate of drug-likeness (QED) is 0.796. The Hall–Kier alpha value is -2.21. The molecule has 0 aliphatic rings. The van der Waals surface area contributed by atoms with E-state index in [1.54, 1.807) is 11.3 Å². The van der Waals surface area contributed by atoms with Crippen LogP contribution in [0, 0.1) is 13.8 Å². The highest BCUT2D eigenvalue weighted by atomic mass is 32.1. The van der Waals surface area contributed by atoms with Gasteiger partial charge in [-0.25, -0.2) is 4.98 Å². The Labute approximate surface area is 120 Å². The fourth-order valence-electron chi connectivity index (χ4n) is 1.97. The van der Waals surface area contributed by atoms with E-state index in [4.69, 9.17) is 4.42 Å². The Balaban J connectivity index is 1.76. The third-order valence-corrected chi connectivity index (χ3v) is 4.05. The molecule has 0 aliphatic heterocycles. The fourth-order valence-corrected chi connectivity index (χ4v) is 2.68. The molecule has 3 rings (SSSR count). The number of hydrogen-bond donors (Lipinski definition) is 1. The molecule has 0 bridgehead atoms. The minimum absolute atomic E-state index is 0.540. The first kappa shape index (κ1) is 12.8. The molecule has 5 nitrogen and oxygen atoms in total. The highest BCUT2D eigenvalue weighted by molar-refractivity contribution is 7.09. The number of benzene rings is 1. The lowest BCUT2D eigenvalue weighted by Gasteiger charge is -2.09. The van der Waals surface area contributed by atoms with Crippen molar-refractivity contribution in [1.29, 1.82) is 0 Å². The van der Waals surface area contributed by atoms with Crippen LogP contribution in [0.5, 0.6) is 0 Å². The predicted octanol–water partition coefficient (Wildman–Crippen LogP) is 3.42. The highest BCUT2D eigenvalue weighted by Crippen LogP contribution is 2.24. The standard InChI is InChI=1S/C14H14N4OS/c1-9-5-11(14-18-17-7-19-14)3-4-12(9)15-6-13-10(2)16-8-20-13/h3-5,7-8,15H,6H2,1-2H3. The molecule has 0 radical (unpaired) electrons. The number of nitrogens with zero attached hydrogens (tertiary/aromatic N) is 3. The summed E-state index contributed by atoms with van der Waals surface area (Å²) in [6, 6.07) is 6.04. The molecule has 1 aromatic carbocycles. The Morgan fingerprint density at radius 1 is 1.30 bits per heavy atom. The van der Waals surface area contributed by atoms with Crippen molar-refractivity contribution >= 4 is 17.0 Å². The summed E-state index contributed by atoms with van der Waals surface area (Å²) in [6.45, 7) is 4.87. The van der Waals surface area contributed by atoms with Gasteiger partial charge in [0.1, 0.15) is 0 Å². The van der Waals surface area contributed by atoms with Crippen molar-refractivity contribution in [3.05, 3.63) is 46.2 Å². The topological polar surface area (TPSA) is 63.8 Å². The van der Waals surface area contributed by atoms with Gasteiger partial charge in [0.25, 0.3) is 0 Å². The van der Waals surface area contributed by atoms with Gasteiger partial charge >= 0.3 is 0 Å². The molecule has 0 atom stereocenters. The third kappa shape index (κ3) is 2.55. The average molecular weight is 286 g/mol. The first-order valence-electron chi connectivity index (χ1n) is 6.24. The Morgan fingerprint density at radius 2 is 2.20 bits per heavy atom. The first-order valence-corrected chi connectivity index (χ1v) is 7.12. The number of hydrogen-bond acceptors (Lipinski definition) is 6. The summed E-state index contributed by atoms with van der Waals surface area (Å²) < 4.78 is 5.20. The van der Waals surface area contributed by atoms with Crippen LogP contribution in [0.2, 0.25) is 0 Å². The normalized spacial score (nSPS) is 10.7. The van der Waals surface area contributed by atoms with Gasteiger partial charge in [-0.3, -0.25) is 0 Å². The van der Waals surface area contributed by atoms with Crippen molar-refractivity contribution in [1.82, 2.24) is 15.2 Å². The summed E-state index contributed by atoms with van der Waals surface area (Å²) in [5.74, 6) is 0.540. The number of rotatable bonds is 4. The van der Waals surface area contributed by atoms with E-state index in [1.165, 1.54) is 11.3 Å². The predicted molar refractivity (Wildman–Crippen MR) is 78.6 cm³/mol. The van der Waals surface area contributed by atoms with Gasteiger partial charge in [0.15, 0.2) is 0 Å². The second-order valence-corrected chi connectivity index (χ2v) is 5.43. The van der Waals surface area contributed by atoms with Crippen LogP contribution in [0.4, 0.5) is 5.69 Å². The van der Waals surface area contributed by atoms with E-state index in [2.05, 4.69) is 27.4 Å². The third-order valence-electron chi connectivity index (χ3n) is 3.12. The van der Waals surface area contributed by atoms with E-state index in [0.29, 0.717) is 5.89 Å². The van der Waals surface area contributed by atoms with Gasteiger partial charge in [-0.2, -0.15) is 0 Å². The Kier molecular flexibility index (Phi) is 3.47. The molecule has 2 heterocycles. The molecule has 0 fully saturated rings. The molecule has 3 aromatic rings. The first-order chi connectivity index (χ1) is 9.74. The van der Waals surface area contributed by atoms with E-state index >= 15 is 0 Å². The highest BCUT2D eigenvalue weighted by Gasteiger charge is 2.07. The van der Waals surface area contributed by atoms with Gasteiger partial charge in [0.2, 0.25) is 12.3 Å². The zero-order chi connectivity index (χ0) is 13.9. The summed E-state index contributed by atoms with van der Waals surface area (Å²) in [5.41, 5.74) is 6.13. The second kappa shape index (κ2) is 5.42. The van der Waals surface area contributed by atoms with E-state index < -0.39 is 0 Å². The Morgan fingerprint density at radius 3 is 2.85 bits per heavy atom. The van der Waals surface area contributed by atoms with Gasteiger partial charge in [0, 0.05) is 16.1 Å². The molecule has 20 heavy (non-hydrogen) atoms. The summed E-state index contributed by atoms with van der Waals surface area (Å²) in [6.07, 6.45) is 1.34. The Bertz CT molecular complexity index is 706. The van der Waals surface area contributed by atoms with Crippen LogP contribution in [0.25, 0.3) is 11.5 Å². The van der Waals surface area contributed by atoms with Crippen LogP contribution in [-0.4, -0.2) is 15.2 Å². The van der Waals surface area contributed by atoms with Crippen LogP contribution < -0.4 is 5.32 Å². The molecule has 0 saturated carbocycles. The maximum Gasteiger partial charge on any atom is 0.247 e. The van der Waals surface area contributed by atoms with Crippen molar-refractivity contribution in [2.75, 3.05) is 5.32 Å². The minimum atomic E-state index is 0.540. The lowest BCUT2D eigenvalue weighted by molar-refractivity contribution is 0.568. The summed E-state index contributed by atoms with van der Waals surface area (Å²) in [4.78, 5) is 5.51. The molecule has 0 amide bonds. The summed E-state index contributed by atoms with van der Waals surface area (Å²) >= 11 is 1.67. The molecular weight excluding hydrogens is 272 g/mol. The van der Waals surface area contributed by atoms with Gasteiger partial charge in [-0.15, -0.1) is 21.5 Å². The van der Waals surface area contributed by atoms with E-state index in [-0.39, 0.29) is 0 Å². The molecule has 2 aromatic heterocycles.